The number of carbonyl (C=O) groups excluding carboxylic acids is 2. The fourth-order valence-corrected chi connectivity index (χ4v) is 3.33. The van der Waals surface area contributed by atoms with Gasteiger partial charge in [-0.25, -0.2) is 4.79 Å². The first-order chi connectivity index (χ1) is 13.7. The first kappa shape index (κ1) is 20.6. The van der Waals surface area contributed by atoms with Crippen molar-refractivity contribution in [3.05, 3.63) is 59.2 Å². The molecule has 6 nitrogen and oxygen atoms in total. The Balaban J connectivity index is 1.68. The molecule has 1 N–H and O–H groups in total. The number of nitrogens with zero attached hydrogens (tertiary/aromatic N) is 1. The molecule has 1 aliphatic rings. The lowest BCUT2D eigenvalue weighted by molar-refractivity contribution is -0.131. The number of hydrogen-bond donors (Lipinski definition) is 1. The van der Waals surface area contributed by atoms with Gasteiger partial charge in [-0.15, -0.1) is 0 Å². The van der Waals surface area contributed by atoms with E-state index < -0.39 is 24.1 Å². The van der Waals surface area contributed by atoms with Crippen molar-refractivity contribution < 1.29 is 27.8 Å². The van der Waals surface area contributed by atoms with E-state index in [1.54, 1.807) is 6.92 Å². The van der Waals surface area contributed by atoms with Crippen LogP contribution in [0.15, 0.2) is 42.5 Å². The predicted molar refractivity (Wildman–Crippen MR) is 102 cm³/mol. The standard InChI is InChI=1S/C21H22F2N2O4/c1-13-5-4-6-14(2)17(13)28-12-11-25-18(26)21(3,24-20(25)27)15-7-9-16(10-8-15)29-19(22)23/h4-10,19H,11-12H2,1-3H3,(H,24,27). The van der Waals surface area contributed by atoms with Crippen molar-refractivity contribution in [1.29, 1.82) is 0 Å². The van der Waals surface area contributed by atoms with E-state index in [9.17, 15) is 18.4 Å². The molecule has 1 unspecified atom stereocenters. The van der Waals surface area contributed by atoms with Crippen molar-refractivity contribution in [1.82, 2.24) is 10.2 Å². The second-order valence-electron chi connectivity index (χ2n) is 6.98. The number of nitrogens with one attached hydrogen (secondary N) is 1. The van der Waals surface area contributed by atoms with Crippen molar-refractivity contribution in [2.75, 3.05) is 13.2 Å². The summed E-state index contributed by atoms with van der Waals surface area (Å²) in [5, 5.41) is 2.67. The first-order valence-corrected chi connectivity index (χ1v) is 9.11. The summed E-state index contributed by atoms with van der Waals surface area (Å²) >= 11 is 0. The summed E-state index contributed by atoms with van der Waals surface area (Å²) < 4.78 is 34.7. The molecule has 2 aromatic carbocycles. The number of alkyl halides is 2. The molecular weight excluding hydrogens is 382 g/mol. The van der Waals surface area contributed by atoms with Crippen LogP contribution in [0.2, 0.25) is 0 Å². The molecule has 3 amide bonds. The van der Waals surface area contributed by atoms with Crippen LogP contribution in [0.5, 0.6) is 11.5 Å². The SMILES string of the molecule is Cc1cccc(C)c1OCCN1C(=O)NC(C)(c2ccc(OC(F)F)cc2)C1=O. The van der Waals surface area contributed by atoms with Crippen LogP contribution < -0.4 is 14.8 Å². The summed E-state index contributed by atoms with van der Waals surface area (Å²) in [7, 11) is 0. The zero-order chi connectivity index (χ0) is 21.2. The van der Waals surface area contributed by atoms with E-state index in [1.807, 2.05) is 32.0 Å². The molecule has 0 radical (unpaired) electrons. The number of ether oxygens (including phenoxy) is 2. The molecule has 0 spiro atoms. The maximum atomic E-state index is 12.9. The lowest BCUT2D eigenvalue weighted by Crippen LogP contribution is -2.41. The molecule has 2 aromatic rings. The van der Waals surface area contributed by atoms with Crippen LogP contribution in [-0.4, -0.2) is 36.6 Å². The van der Waals surface area contributed by atoms with Crippen LogP contribution in [-0.2, 0) is 10.3 Å². The Labute approximate surface area is 167 Å². The highest BCUT2D eigenvalue weighted by Crippen LogP contribution is 2.30. The van der Waals surface area contributed by atoms with Crippen molar-refractivity contribution in [2.45, 2.75) is 32.9 Å². The molecule has 1 heterocycles. The van der Waals surface area contributed by atoms with Gasteiger partial charge in [0, 0.05) is 0 Å². The number of aryl methyl sites for hydroxylation is 2. The summed E-state index contributed by atoms with van der Waals surface area (Å²) in [6.45, 7) is 2.73. The first-order valence-electron chi connectivity index (χ1n) is 9.11. The summed E-state index contributed by atoms with van der Waals surface area (Å²) in [6.07, 6.45) is 0. The summed E-state index contributed by atoms with van der Waals surface area (Å²) in [4.78, 5) is 26.4. The van der Waals surface area contributed by atoms with Gasteiger partial charge in [0.25, 0.3) is 5.91 Å². The minimum absolute atomic E-state index is 0.0250. The Morgan fingerprint density at radius 2 is 1.69 bits per heavy atom. The van der Waals surface area contributed by atoms with E-state index in [0.717, 1.165) is 21.8 Å². The van der Waals surface area contributed by atoms with E-state index >= 15 is 0 Å². The van der Waals surface area contributed by atoms with Crippen LogP contribution >= 0.6 is 0 Å². The van der Waals surface area contributed by atoms with Crippen molar-refractivity contribution in [3.8, 4) is 11.5 Å². The minimum atomic E-state index is -2.93. The van der Waals surface area contributed by atoms with Crippen molar-refractivity contribution in [2.24, 2.45) is 0 Å². The molecule has 0 saturated carbocycles. The molecule has 1 fully saturated rings. The smallest absolute Gasteiger partial charge is 0.387 e. The molecule has 0 aromatic heterocycles. The molecule has 1 aliphatic heterocycles. The van der Waals surface area contributed by atoms with Gasteiger partial charge in [-0.3, -0.25) is 9.69 Å². The minimum Gasteiger partial charge on any atom is -0.491 e. The van der Waals surface area contributed by atoms with Crippen LogP contribution in [0.1, 0.15) is 23.6 Å². The maximum absolute atomic E-state index is 12.9. The van der Waals surface area contributed by atoms with E-state index in [2.05, 4.69) is 10.1 Å². The number of rotatable bonds is 7. The average Bonchev–Trinajstić information content (AvgIpc) is 2.88. The van der Waals surface area contributed by atoms with Crippen LogP contribution in [0.3, 0.4) is 0 Å². The number of halogens is 2. The number of urea groups is 1. The molecule has 0 bridgehead atoms. The quantitative estimate of drug-likeness (QED) is 0.714. The van der Waals surface area contributed by atoms with Gasteiger partial charge in [0.05, 0.1) is 6.54 Å². The molecule has 0 aliphatic carbocycles. The number of para-hydroxylation sites is 1. The summed E-state index contributed by atoms with van der Waals surface area (Å²) in [5.74, 6) is 0.273. The molecule has 154 valence electrons. The average molecular weight is 404 g/mol. The van der Waals surface area contributed by atoms with Crippen LogP contribution in [0, 0.1) is 13.8 Å². The predicted octanol–water partition coefficient (Wildman–Crippen LogP) is 3.75. The van der Waals surface area contributed by atoms with Crippen molar-refractivity contribution >= 4 is 11.9 Å². The Kier molecular flexibility index (Phi) is 5.72. The summed E-state index contributed by atoms with van der Waals surface area (Å²) in [6, 6.07) is 10.9. The van der Waals surface area contributed by atoms with Gasteiger partial charge in [0.1, 0.15) is 23.6 Å². The lowest BCUT2D eigenvalue weighted by Gasteiger charge is -2.22. The Morgan fingerprint density at radius 1 is 1.07 bits per heavy atom. The largest absolute Gasteiger partial charge is 0.491 e. The van der Waals surface area contributed by atoms with Gasteiger partial charge in [-0.1, -0.05) is 30.3 Å². The maximum Gasteiger partial charge on any atom is 0.387 e. The Bertz CT molecular complexity index is 897. The number of benzene rings is 2. The topological polar surface area (TPSA) is 67.9 Å². The monoisotopic (exact) mass is 404 g/mol. The van der Waals surface area contributed by atoms with Gasteiger partial charge in [0.2, 0.25) is 0 Å². The van der Waals surface area contributed by atoms with Gasteiger partial charge in [-0.2, -0.15) is 8.78 Å². The number of hydrogen-bond acceptors (Lipinski definition) is 4. The van der Waals surface area contributed by atoms with E-state index in [1.165, 1.54) is 24.3 Å². The number of imide groups is 1. The third-order valence-electron chi connectivity index (χ3n) is 4.90. The Hall–Kier alpha value is -3.16. The molecule has 3 rings (SSSR count). The fourth-order valence-electron chi connectivity index (χ4n) is 3.33. The third kappa shape index (κ3) is 4.16. The third-order valence-corrected chi connectivity index (χ3v) is 4.90. The highest BCUT2D eigenvalue weighted by molar-refractivity contribution is 6.07. The van der Waals surface area contributed by atoms with Gasteiger partial charge < -0.3 is 14.8 Å². The Morgan fingerprint density at radius 3 is 2.28 bits per heavy atom. The fraction of sp³-hybridized carbons (Fsp3) is 0.333. The molecular formula is C21H22F2N2O4. The van der Waals surface area contributed by atoms with E-state index in [-0.39, 0.29) is 18.9 Å². The van der Waals surface area contributed by atoms with Gasteiger partial charge in [0.15, 0.2) is 0 Å². The number of amides is 3. The van der Waals surface area contributed by atoms with Gasteiger partial charge >= 0.3 is 12.6 Å². The molecule has 8 heteroatoms. The zero-order valence-corrected chi connectivity index (χ0v) is 16.4. The lowest BCUT2D eigenvalue weighted by atomic mass is 9.92. The molecule has 29 heavy (non-hydrogen) atoms. The normalized spacial score (nSPS) is 18.9. The zero-order valence-electron chi connectivity index (χ0n) is 16.4. The van der Waals surface area contributed by atoms with Crippen molar-refractivity contribution in [3.63, 3.8) is 0 Å². The highest BCUT2D eigenvalue weighted by Gasteiger charge is 2.48. The second kappa shape index (κ2) is 8.06. The summed E-state index contributed by atoms with van der Waals surface area (Å²) in [5.41, 5.74) is 1.12. The van der Waals surface area contributed by atoms with Crippen LogP contribution in [0.25, 0.3) is 0 Å². The molecule has 1 saturated heterocycles. The molecule has 1 atom stereocenters. The van der Waals surface area contributed by atoms with Gasteiger partial charge in [-0.05, 0) is 49.6 Å². The highest BCUT2D eigenvalue weighted by atomic mass is 19.3. The number of carbonyl (C=O) groups is 2. The van der Waals surface area contributed by atoms with Crippen LogP contribution in [0.4, 0.5) is 13.6 Å². The second-order valence-corrected chi connectivity index (χ2v) is 6.98. The van der Waals surface area contributed by atoms with E-state index in [4.69, 9.17) is 4.74 Å². The van der Waals surface area contributed by atoms with E-state index in [0.29, 0.717) is 5.56 Å².